The van der Waals surface area contributed by atoms with Gasteiger partial charge in [-0.3, -0.25) is 19.1 Å². The Morgan fingerprint density at radius 3 is 2.27 bits per heavy atom. The smallest absolute Gasteiger partial charge is 0.284 e. The highest BCUT2D eigenvalue weighted by molar-refractivity contribution is 7.85. The second-order valence-electron chi connectivity index (χ2n) is 9.23. The van der Waals surface area contributed by atoms with Crippen LogP contribution in [0.15, 0.2) is 52.3 Å². The Bertz CT molecular complexity index is 1490. The van der Waals surface area contributed by atoms with Gasteiger partial charge in [0, 0.05) is 22.2 Å². The van der Waals surface area contributed by atoms with Crippen molar-refractivity contribution in [3.63, 3.8) is 0 Å². The zero-order valence-corrected chi connectivity index (χ0v) is 22.8. The van der Waals surface area contributed by atoms with Gasteiger partial charge < -0.3 is 0 Å². The van der Waals surface area contributed by atoms with Crippen molar-refractivity contribution in [1.29, 1.82) is 0 Å². The van der Waals surface area contributed by atoms with Gasteiger partial charge in [-0.25, -0.2) is 5.01 Å². The number of halogens is 3. The van der Waals surface area contributed by atoms with Crippen LogP contribution >= 0.6 is 34.8 Å². The number of carbonyl (C=O) groups excluding carboxylic acids is 2. The van der Waals surface area contributed by atoms with Crippen molar-refractivity contribution in [3.05, 3.63) is 62.9 Å². The third-order valence-electron chi connectivity index (χ3n) is 5.34. The first-order chi connectivity index (χ1) is 17.2. The molecular weight excluding hydrogens is 565 g/mol. The molecule has 1 aromatic carbocycles. The summed E-state index contributed by atoms with van der Waals surface area (Å²) in [4.78, 5) is 31.0. The zero-order valence-electron chi connectivity index (χ0n) is 19.7. The summed E-state index contributed by atoms with van der Waals surface area (Å²) < 4.78 is 32.1. The molecule has 2 aliphatic heterocycles. The maximum absolute atomic E-state index is 14.0. The minimum atomic E-state index is -4.55. The number of pyridine rings is 1. The third-order valence-corrected chi connectivity index (χ3v) is 6.71. The van der Waals surface area contributed by atoms with E-state index in [0.29, 0.717) is 16.4 Å². The molecule has 0 radical (unpaired) electrons. The average molecular weight is 585 g/mol. The van der Waals surface area contributed by atoms with Crippen LogP contribution in [0, 0.1) is 5.41 Å². The highest BCUT2D eigenvalue weighted by Gasteiger charge is 2.43. The number of carbonyl (C=O) groups is 2. The van der Waals surface area contributed by atoms with Crippen LogP contribution in [0.4, 0.5) is 5.69 Å². The molecule has 194 valence electrons. The summed E-state index contributed by atoms with van der Waals surface area (Å²) in [6.07, 6.45) is 1.17. The number of allylic oxidation sites excluding steroid dienone is 1. The molecule has 3 heterocycles. The summed E-state index contributed by atoms with van der Waals surface area (Å²) in [5.74, 6) is -2.32. The van der Waals surface area contributed by atoms with E-state index in [1.54, 1.807) is 18.2 Å². The van der Waals surface area contributed by atoms with Gasteiger partial charge in [-0.2, -0.15) is 23.6 Å². The van der Waals surface area contributed by atoms with E-state index in [4.69, 9.17) is 34.8 Å². The number of hydrogen-bond donors (Lipinski definition) is 1. The van der Waals surface area contributed by atoms with E-state index in [2.05, 4.69) is 15.2 Å². The first-order valence-corrected chi connectivity index (χ1v) is 13.5. The maximum Gasteiger partial charge on any atom is 0.285 e. The van der Waals surface area contributed by atoms with Crippen LogP contribution in [-0.4, -0.2) is 52.1 Å². The number of hydrazone groups is 2. The Balaban J connectivity index is 1.99. The number of benzene rings is 1. The molecule has 0 spiro atoms. The van der Waals surface area contributed by atoms with Crippen LogP contribution in [0.25, 0.3) is 5.57 Å². The Morgan fingerprint density at radius 2 is 1.73 bits per heavy atom. The van der Waals surface area contributed by atoms with Crippen molar-refractivity contribution >= 4 is 79.4 Å². The molecule has 1 N–H and O–H groups in total. The van der Waals surface area contributed by atoms with E-state index in [9.17, 15) is 22.6 Å². The molecule has 2 aliphatic rings. The summed E-state index contributed by atoms with van der Waals surface area (Å²) in [6, 6.07) is 7.84. The van der Waals surface area contributed by atoms with Crippen LogP contribution < -0.4 is 5.01 Å². The third kappa shape index (κ3) is 5.55. The number of aromatic nitrogens is 1. The van der Waals surface area contributed by atoms with E-state index in [1.165, 1.54) is 18.3 Å². The van der Waals surface area contributed by atoms with E-state index >= 15 is 0 Å². The monoisotopic (exact) mass is 583 g/mol. The predicted molar refractivity (Wildman–Crippen MR) is 142 cm³/mol. The van der Waals surface area contributed by atoms with Gasteiger partial charge in [0.05, 0.1) is 39.2 Å². The molecule has 0 bridgehead atoms. The van der Waals surface area contributed by atoms with Crippen LogP contribution in [-0.2, 0) is 19.7 Å². The topological polar surface area (TPSA) is 133 Å². The summed E-state index contributed by atoms with van der Waals surface area (Å²) in [6.45, 7) is 5.53. The Hall–Kier alpha value is -2.83. The van der Waals surface area contributed by atoms with Gasteiger partial charge in [0.15, 0.2) is 5.88 Å². The molecular formula is C23H20Cl3N5O5S. The number of hydrogen-bond acceptors (Lipinski definition) is 7. The molecule has 2 aromatic rings. The molecule has 2 amide bonds. The van der Waals surface area contributed by atoms with Crippen LogP contribution in [0.3, 0.4) is 0 Å². The predicted octanol–water partition coefficient (Wildman–Crippen LogP) is 4.68. The van der Waals surface area contributed by atoms with Gasteiger partial charge in [-0.15, -0.1) is 0 Å². The van der Waals surface area contributed by atoms with Gasteiger partial charge in [-0.1, -0.05) is 61.6 Å². The lowest BCUT2D eigenvalue weighted by Crippen LogP contribution is -2.27. The summed E-state index contributed by atoms with van der Waals surface area (Å²) >= 11 is 18.8. The van der Waals surface area contributed by atoms with E-state index in [-0.39, 0.29) is 44.0 Å². The second-order valence-corrected chi connectivity index (χ2v) is 11.9. The molecule has 4 rings (SSSR count). The van der Waals surface area contributed by atoms with Gasteiger partial charge in [0.25, 0.3) is 16.0 Å². The van der Waals surface area contributed by atoms with Gasteiger partial charge >= 0.3 is 0 Å². The molecule has 14 heteroatoms. The number of anilines is 1. The lowest BCUT2D eigenvalue weighted by molar-refractivity contribution is -0.127. The molecule has 0 saturated heterocycles. The molecule has 0 aliphatic carbocycles. The Kier molecular flexibility index (Phi) is 7.21. The quantitative estimate of drug-likeness (QED) is 0.401. The first-order valence-electron chi connectivity index (χ1n) is 10.7. The van der Waals surface area contributed by atoms with E-state index in [1.807, 2.05) is 20.8 Å². The van der Waals surface area contributed by atoms with Crippen molar-refractivity contribution in [2.75, 3.05) is 10.9 Å². The highest BCUT2D eigenvalue weighted by atomic mass is 35.5. The minimum Gasteiger partial charge on any atom is -0.284 e. The van der Waals surface area contributed by atoms with Crippen molar-refractivity contribution in [2.24, 2.45) is 15.6 Å². The molecule has 0 unspecified atom stereocenters. The van der Waals surface area contributed by atoms with E-state index in [0.717, 1.165) is 5.01 Å². The van der Waals surface area contributed by atoms with Crippen molar-refractivity contribution in [1.82, 2.24) is 9.99 Å². The Labute approximate surface area is 227 Å². The first kappa shape index (κ1) is 27.2. The molecule has 1 aromatic heterocycles. The van der Waals surface area contributed by atoms with Crippen molar-refractivity contribution in [2.45, 2.75) is 27.2 Å². The zero-order chi connectivity index (χ0) is 27.3. The van der Waals surface area contributed by atoms with Gasteiger partial charge in [0.2, 0.25) is 5.91 Å². The van der Waals surface area contributed by atoms with Crippen molar-refractivity contribution in [3.8, 4) is 0 Å². The highest BCUT2D eigenvalue weighted by Crippen LogP contribution is 2.42. The second kappa shape index (κ2) is 9.80. The standard InChI is InChI=1S/C23H20Cl3N5O5S/c1-23(2,3)21-19(22(33)31(29-21)20-13(25)8-12(24)9-14(20)26)18(15-6-4-5-7-27-15)16-10-17(32)30(28-16)11-37(34,35)36/h4-9H,10-11H2,1-3H3,(H,34,35,36)/b19-18+. The summed E-state index contributed by atoms with van der Waals surface area (Å²) in [5.41, 5.74) is 0.433. The lowest BCUT2D eigenvalue weighted by atomic mass is 9.82. The number of nitrogens with zero attached hydrogens (tertiary/aromatic N) is 5. The summed E-state index contributed by atoms with van der Waals surface area (Å²) in [5, 5.41) is 10.9. The fraction of sp³-hybridized carbons (Fsp3) is 0.261. The van der Waals surface area contributed by atoms with Gasteiger partial charge in [-0.05, 0) is 24.3 Å². The lowest BCUT2D eigenvalue weighted by Gasteiger charge is -2.20. The molecule has 0 fully saturated rings. The van der Waals surface area contributed by atoms with Gasteiger partial charge in [0.1, 0.15) is 5.69 Å². The van der Waals surface area contributed by atoms with Crippen LogP contribution in [0.2, 0.25) is 15.1 Å². The fourth-order valence-corrected chi connectivity index (χ4v) is 5.33. The molecule has 0 atom stereocenters. The van der Waals surface area contributed by atoms with E-state index < -0.39 is 33.2 Å². The van der Waals surface area contributed by atoms with Crippen LogP contribution in [0.5, 0.6) is 0 Å². The SMILES string of the molecule is CC(C)(C)C1=NN(c2c(Cl)cc(Cl)cc2Cl)C(=O)/C1=C(/C1=NN(CS(=O)(=O)O)C(=O)C1)c1ccccn1. The molecule has 10 nitrogen and oxygen atoms in total. The fourth-order valence-electron chi connectivity index (χ4n) is 3.84. The molecule has 37 heavy (non-hydrogen) atoms. The number of rotatable bonds is 5. The minimum absolute atomic E-state index is 0.0859. The van der Waals surface area contributed by atoms with Crippen molar-refractivity contribution < 1.29 is 22.6 Å². The Morgan fingerprint density at radius 1 is 1.08 bits per heavy atom. The maximum atomic E-state index is 14.0. The largest absolute Gasteiger partial charge is 0.285 e. The molecule has 0 saturated carbocycles. The normalized spacial score (nSPS) is 17.9. The van der Waals surface area contributed by atoms with Crippen LogP contribution in [0.1, 0.15) is 32.9 Å². The average Bonchev–Trinajstić information content (AvgIpc) is 3.28. The number of amides is 2. The summed E-state index contributed by atoms with van der Waals surface area (Å²) in [7, 11) is -4.55.